The summed E-state index contributed by atoms with van der Waals surface area (Å²) in [5, 5.41) is 2.48. The number of halogens is 1. The molecule has 0 aliphatic carbocycles. The highest BCUT2D eigenvalue weighted by atomic mass is 79.9. The van der Waals surface area contributed by atoms with E-state index in [9.17, 15) is 9.59 Å². The van der Waals surface area contributed by atoms with Crippen molar-refractivity contribution in [3.8, 4) is 0 Å². The summed E-state index contributed by atoms with van der Waals surface area (Å²) in [6, 6.07) is 7.83. The van der Waals surface area contributed by atoms with Crippen molar-refractivity contribution in [3.63, 3.8) is 0 Å². The van der Waals surface area contributed by atoms with Crippen LogP contribution in [0.3, 0.4) is 0 Å². The number of carbonyl (C=O) groups excluding carboxylic acids is 2. The average molecular weight is 338 g/mol. The van der Waals surface area contributed by atoms with Crippen LogP contribution in [0, 0.1) is 11.8 Å². The lowest BCUT2D eigenvalue weighted by Gasteiger charge is -2.34. The second kappa shape index (κ2) is 6.53. The standard InChI is InChI=1S/C16H20BrNO2/c1-3-4-10(2)13-9-14(19)18-16(20)15(13)11-5-7-12(17)8-6-11/h5-8,10,13,15H,3-4,9H2,1-2H3,(H,18,19,20). The molecule has 1 saturated heterocycles. The second-order valence-corrected chi connectivity index (χ2v) is 6.49. The van der Waals surface area contributed by atoms with Crippen molar-refractivity contribution in [1.29, 1.82) is 0 Å². The molecule has 0 spiro atoms. The van der Waals surface area contributed by atoms with Gasteiger partial charge < -0.3 is 0 Å². The zero-order chi connectivity index (χ0) is 14.7. The van der Waals surface area contributed by atoms with Crippen LogP contribution in [0.1, 0.15) is 44.6 Å². The number of carbonyl (C=O) groups is 2. The minimum Gasteiger partial charge on any atom is -0.296 e. The Morgan fingerprint density at radius 1 is 1.30 bits per heavy atom. The SMILES string of the molecule is CCCC(C)C1CC(=O)NC(=O)C1c1ccc(Br)cc1. The third kappa shape index (κ3) is 3.29. The molecule has 3 nitrogen and oxygen atoms in total. The van der Waals surface area contributed by atoms with Gasteiger partial charge in [-0.05, 0) is 29.5 Å². The predicted octanol–water partition coefficient (Wildman–Crippen LogP) is 3.63. The van der Waals surface area contributed by atoms with Gasteiger partial charge in [0.15, 0.2) is 0 Å². The zero-order valence-corrected chi connectivity index (χ0v) is 13.4. The van der Waals surface area contributed by atoms with E-state index in [4.69, 9.17) is 0 Å². The van der Waals surface area contributed by atoms with E-state index in [1.165, 1.54) is 0 Å². The van der Waals surface area contributed by atoms with Gasteiger partial charge in [0.25, 0.3) is 0 Å². The van der Waals surface area contributed by atoms with Crippen LogP contribution in [-0.4, -0.2) is 11.8 Å². The largest absolute Gasteiger partial charge is 0.296 e. The molecule has 108 valence electrons. The summed E-state index contributed by atoms with van der Waals surface area (Å²) in [5.41, 5.74) is 0.992. The van der Waals surface area contributed by atoms with E-state index in [0.717, 1.165) is 22.9 Å². The number of hydrogen-bond acceptors (Lipinski definition) is 2. The van der Waals surface area contributed by atoms with E-state index in [1.807, 2.05) is 24.3 Å². The average Bonchev–Trinajstić information content (AvgIpc) is 2.39. The number of amides is 2. The number of rotatable bonds is 4. The van der Waals surface area contributed by atoms with Gasteiger partial charge in [0, 0.05) is 10.9 Å². The fourth-order valence-corrected chi connectivity index (χ4v) is 3.32. The number of imide groups is 1. The Balaban J connectivity index is 2.31. The monoisotopic (exact) mass is 337 g/mol. The van der Waals surface area contributed by atoms with Crippen LogP contribution in [0.4, 0.5) is 0 Å². The maximum absolute atomic E-state index is 12.3. The van der Waals surface area contributed by atoms with Crippen molar-refractivity contribution in [2.75, 3.05) is 0 Å². The molecular formula is C16H20BrNO2. The third-order valence-electron chi connectivity index (χ3n) is 4.10. The highest BCUT2D eigenvalue weighted by Crippen LogP contribution is 2.37. The van der Waals surface area contributed by atoms with Gasteiger partial charge in [0.05, 0.1) is 5.92 Å². The lowest BCUT2D eigenvalue weighted by atomic mass is 9.73. The molecule has 1 aromatic carbocycles. The van der Waals surface area contributed by atoms with Crippen LogP contribution < -0.4 is 5.32 Å². The summed E-state index contributed by atoms with van der Waals surface area (Å²) in [6.07, 6.45) is 2.55. The van der Waals surface area contributed by atoms with Crippen LogP contribution in [0.25, 0.3) is 0 Å². The first kappa shape index (κ1) is 15.2. The molecule has 0 bridgehead atoms. The maximum atomic E-state index is 12.3. The molecule has 1 aromatic rings. The fraction of sp³-hybridized carbons (Fsp3) is 0.500. The molecule has 3 unspecified atom stereocenters. The lowest BCUT2D eigenvalue weighted by Crippen LogP contribution is -2.46. The molecule has 1 aliphatic heterocycles. The van der Waals surface area contributed by atoms with Gasteiger partial charge in [-0.2, -0.15) is 0 Å². The van der Waals surface area contributed by atoms with Gasteiger partial charge in [-0.25, -0.2) is 0 Å². The number of hydrogen-bond donors (Lipinski definition) is 1. The molecule has 4 heteroatoms. The van der Waals surface area contributed by atoms with Crippen LogP contribution in [0.5, 0.6) is 0 Å². The lowest BCUT2D eigenvalue weighted by molar-refractivity contribution is -0.137. The summed E-state index contributed by atoms with van der Waals surface area (Å²) < 4.78 is 0.992. The van der Waals surface area contributed by atoms with Gasteiger partial charge >= 0.3 is 0 Å². The number of nitrogens with one attached hydrogen (secondary N) is 1. The Morgan fingerprint density at radius 3 is 2.55 bits per heavy atom. The molecule has 1 fully saturated rings. The second-order valence-electron chi connectivity index (χ2n) is 5.58. The van der Waals surface area contributed by atoms with E-state index in [1.54, 1.807) is 0 Å². The van der Waals surface area contributed by atoms with Gasteiger partial charge in [-0.1, -0.05) is 54.8 Å². The summed E-state index contributed by atoms with van der Waals surface area (Å²) in [4.78, 5) is 23.9. The summed E-state index contributed by atoms with van der Waals surface area (Å²) in [5.74, 6) is -0.0591. The highest BCUT2D eigenvalue weighted by molar-refractivity contribution is 9.10. The quantitative estimate of drug-likeness (QED) is 0.852. The van der Waals surface area contributed by atoms with Gasteiger partial charge in [-0.15, -0.1) is 0 Å². The van der Waals surface area contributed by atoms with E-state index >= 15 is 0 Å². The highest BCUT2D eigenvalue weighted by Gasteiger charge is 2.39. The fourth-order valence-electron chi connectivity index (χ4n) is 3.06. The molecule has 20 heavy (non-hydrogen) atoms. The van der Waals surface area contributed by atoms with Gasteiger partial charge in [-0.3, -0.25) is 14.9 Å². The van der Waals surface area contributed by atoms with E-state index in [2.05, 4.69) is 35.1 Å². The zero-order valence-electron chi connectivity index (χ0n) is 11.9. The maximum Gasteiger partial charge on any atom is 0.234 e. The van der Waals surface area contributed by atoms with Crippen molar-refractivity contribution >= 4 is 27.7 Å². The first-order chi connectivity index (χ1) is 9.52. The molecule has 1 aliphatic rings. The minimum atomic E-state index is -0.220. The smallest absolute Gasteiger partial charge is 0.234 e. The third-order valence-corrected chi connectivity index (χ3v) is 4.63. The van der Waals surface area contributed by atoms with Crippen molar-refractivity contribution in [1.82, 2.24) is 5.32 Å². The van der Waals surface area contributed by atoms with Crippen LogP contribution >= 0.6 is 15.9 Å². The van der Waals surface area contributed by atoms with E-state index < -0.39 is 0 Å². The normalized spacial score (nSPS) is 24.4. The predicted molar refractivity (Wildman–Crippen MR) is 82.2 cm³/mol. The van der Waals surface area contributed by atoms with Gasteiger partial charge in [0.2, 0.25) is 11.8 Å². The van der Waals surface area contributed by atoms with E-state index in [0.29, 0.717) is 12.3 Å². The van der Waals surface area contributed by atoms with Crippen LogP contribution in [0.15, 0.2) is 28.7 Å². The van der Waals surface area contributed by atoms with Crippen LogP contribution in [-0.2, 0) is 9.59 Å². The topological polar surface area (TPSA) is 46.2 Å². The summed E-state index contributed by atoms with van der Waals surface area (Å²) in [7, 11) is 0. The molecule has 2 rings (SSSR count). The first-order valence-corrected chi connectivity index (χ1v) is 7.91. The molecule has 0 saturated carbocycles. The van der Waals surface area contributed by atoms with Crippen LogP contribution in [0.2, 0.25) is 0 Å². The number of piperidine rings is 1. The Labute approximate surface area is 128 Å². The Hall–Kier alpha value is -1.16. The summed E-state index contributed by atoms with van der Waals surface area (Å²) in [6.45, 7) is 4.28. The molecule has 1 heterocycles. The van der Waals surface area contributed by atoms with Crippen molar-refractivity contribution in [3.05, 3.63) is 34.3 Å². The van der Waals surface area contributed by atoms with Crippen molar-refractivity contribution < 1.29 is 9.59 Å². The molecular weight excluding hydrogens is 318 g/mol. The molecule has 1 N–H and O–H groups in total. The molecule has 0 aromatic heterocycles. The molecule has 2 amide bonds. The van der Waals surface area contributed by atoms with Crippen molar-refractivity contribution in [2.24, 2.45) is 11.8 Å². The number of benzene rings is 1. The first-order valence-electron chi connectivity index (χ1n) is 7.12. The van der Waals surface area contributed by atoms with E-state index in [-0.39, 0.29) is 23.7 Å². The Bertz CT molecular complexity index is 498. The van der Waals surface area contributed by atoms with Crippen molar-refractivity contribution in [2.45, 2.75) is 39.0 Å². The summed E-state index contributed by atoms with van der Waals surface area (Å²) >= 11 is 3.41. The Kier molecular flexibility index (Phi) is 4.97. The Morgan fingerprint density at radius 2 is 1.95 bits per heavy atom. The minimum absolute atomic E-state index is 0.0948. The molecule has 3 atom stereocenters. The molecule has 0 radical (unpaired) electrons. The van der Waals surface area contributed by atoms with Gasteiger partial charge in [0.1, 0.15) is 0 Å².